The van der Waals surface area contributed by atoms with E-state index in [1.165, 1.54) is 5.56 Å². The minimum absolute atomic E-state index is 0.162. The van der Waals surface area contributed by atoms with Crippen LogP contribution in [-0.4, -0.2) is 37.3 Å². The van der Waals surface area contributed by atoms with Gasteiger partial charge in [-0.1, -0.05) is 0 Å². The Kier molecular flexibility index (Phi) is 4.58. The van der Waals surface area contributed by atoms with Crippen LogP contribution in [0, 0.1) is 0 Å². The number of rotatable bonds is 4. The Hall–Kier alpha value is -1.36. The van der Waals surface area contributed by atoms with Crippen molar-refractivity contribution in [1.82, 2.24) is 4.90 Å². The van der Waals surface area contributed by atoms with Gasteiger partial charge in [-0.05, 0) is 35.4 Å². The van der Waals surface area contributed by atoms with Crippen molar-refractivity contribution in [3.63, 3.8) is 0 Å². The number of amides is 1. The van der Waals surface area contributed by atoms with E-state index >= 15 is 0 Å². The molecule has 0 unspecified atom stereocenters. The minimum Gasteiger partial charge on any atom is -0.493 e. The van der Waals surface area contributed by atoms with Gasteiger partial charge in [0, 0.05) is 19.5 Å². The van der Waals surface area contributed by atoms with E-state index in [0.717, 1.165) is 24.3 Å². The molecule has 0 aromatic heterocycles. The molecule has 1 aromatic carbocycles. The second kappa shape index (κ2) is 6.19. The van der Waals surface area contributed by atoms with E-state index in [2.05, 4.69) is 12.6 Å². The molecular weight excluding hydrogens is 262 g/mol. The summed E-state index contributed by atoms with van der Waals surface area (Å²) in [6, 6.07) is 3.98. The highest BCUT2D eigenvalue weighted by atomic mass is 32.1. The Labute approximate surface area is 119 Å². The van der Waals surface area contributed by atoms with Crippen molar-refractivity contribution in [2.24, 2.45) is 0 Å². The Balaban J connectivity index is 2.22. The maximum absolute atomic E-state index is 11.9. The quantitative estimate of drug-likeness (QED) is 0.857. The topological polar surface area (TPSA) is 38.8 Å². The van der Waals surface area contributed by atoms with E-state index in [-0.39, 0.29) is 5.91 Å². The van der Waals surface area contributed by atoms with Gasteiger partial charge in [0.05, 0.1) is 14.2 Å². The molecule has 0 saturated heterocycles. The van der Waals surface area contributed by atoms with Crippen LogP contribution < -0.4 is 9.47 Å². The van der Waals surface area contributed by atoms with Gasteiger partial charge in [0.2, 0.25) is 5.91 Å². The SMILES string of the molecule is COc1cc2c(cc1OC)CN(C(=O)CCS)CC2. The van der Waals surface area contributed by atoms with Crippen LogP contribution in [0.5, 0.6) is 11.5 Å². The first kappa shape index (κ1) is 14.1. The predicted octanol–water partition coefficient (Wildman–Crippen LogP) is 1.91. The number of carbonyl (C=O) groups is 1. The van der Waals surface area contributed by atoms with E-state index in [4.69, 9.17) is 9.47 Å². The summed E-state index contributed by atoms with van der Waals surface area (Å²) in [5.74, 6) is 2.21. The largest absolute Gasteiger partial charge is 0.493 e. The highest BCUT2D eigenvalue weighted by Crippen LogP contribution is 2.33. The lowest BCUT2D eigenvalue weighted by Crippen LogP contribution is -2.36. The number of ether oxygens (including phenoxy) is 2. The summed E-state index contributed by atoms with van der Waals surface area (Å²) in [4.78, 5) is 13.8. The van der Waals surface area contributed by atoms with Crippen LogP contribution in [0.1, 0.15) is 17.5 Å². The molecule has 0 bridgehead atoms. The van der Waals surface area contributed by atoms with E-state index in [0.29, 0.717) is 24.5 Å². The summed E-state index contributed by atoms with van der Waals surface area (Å²) in [5, 5.41) is 0. The molecule has 0 fully saturated rings. The zero-order valence-corrected chi connectivity index (χ0v) is 12.2. The number of methoxy groups -OCH3 is 2. The molecule has 0 spiro atoms. The molecule has 0 N–H and O–H groups in total. The van der Waals surface area contributed by atoms with Gasteiger partial charge in [-0.15, -0.1) is 0 Å². The highest BCUT2D eigenvalue weighted by Gasteiger charge is 2.22. The molecule has 104 valence electrons. The van der Waals surface area contributed by atoms with Crippen molar-refractivity contribution >= 4 is 18.5 Å². The summed E-state index contributed by atoms with van der Waals surface area (Å²) < 4.78 is 10.6. The number of hydrogen-bond donors (Lipinski definition) is 1. The molecule has 19 heavy (non-hydrogen) atoms. The molecule has 0 atom stereocenters. The lowest BCUT2D eigenvalue weighted by atomic mass is 9.98. The van der Waals surface area contributed by atoms with Crippen molar-refractivity contribution in [3.05, 3.63) is 23.3 Å². The predicted molar refractivity (Wildman–Crippen MR) is 77.1 cm³/mol. The summed E-state index contributed by atoms with van der Waals surface area (Å²) in [6.45, 7) is 1.40. The van der Waals surface area contributed by atoms with Crippen molar-refractivity contribution in [2.45, 2.75) is 19.4 Å². The maximum atomic E-state index is 11.9. The number of thiol groups is 1. The molecule has 1 heterocycles. The molecule has 0 saturated carbocycles. The second-order valence-corrected chi connectivity index (χ2v) is 4.96. The second-order valence-electron chi connectivity index (χ2n) is 4.51. The fourth-order valence-electron chi connectivity index (χ4n) is 2.35. The highest BCUT2D eigenvalue weighted by molar-refractivity contribution is 7.80. The number of hydrogen-bond acceptors (Lipinski definition) is 4. The van der Waals surface area contributed by atoms with Crippen LogP contribution in [0.2, 0.25) is 0 Å². The summed E-state index contributed by atoms with van der Waals surface area (Å²) in [5.41, 5.74) is 2.36. The summed E-state index contributed by atoms with van der Waals surface area (Å²) in [6.07, 6.45) is 1.35. The Bertz CT molecular complexity index is 476. The third-order valence-corrected chi connectivity index (χ3v) is 3.62. The maximum Gasteiger partial charge on any atom is 0.223 e. The van der Waals surface area contributed by atoms with Crippen molar-refractivity contribution in [2.75, 3.05) is 26.5 Å². The first-order chi connectivity index (χ1) is 9.19. The monoisotopic (exact) mass is 281 g/mol. The van der Waals surface area contributed by atoms with Gasteiger partial charge >= 0.3 is 0 Å². The number of nitrogens with zero attached hydrogens (tertiary/aromatic N) is 1. The van der Waals surface area contributed by atoms with Crippen LogP contribution in [0.15, 0.2) is 12.1 Å². The van der Waals surface area contributed by atoms with Gasteiger partial charge < -0.3 is 14.4 Å². The zero-order valence-electron chi connectivity index (χ0n) is 11.3. The van der Waals surface area contributed by atoms with Crippen molar-refractivity contribution < 1.29 is 14.3 Å². The number of fused-ring (bicyclic) bond motifs is 1. The van der Waals surface area contributed by atoms with E-state index in [1.54, 1.807) is 14.2 Å². The minimum atomic E-state index is 0.162. The molecule has 1 amide bonds. The average molecular weight is 281 g/mol. The van der Waals surface area contributed by atoms with E-state index < -0.39 is 0 Å². The lowest BCUT2D eigenvalue weighted by molar-refractivity contribution is -0.131. The first-order valence-corrected chi connectivity index (χ1v) is 6.95. The third-order valence-electron chi connectivity index (χ3n) is 3.40. The molecule has 1 aliphatic heterocycles. The van der Waals surface area contributed by atoms with Crippen LogP contribution in [-0.2, 0) is 17.8 Å². The van der Waals surface area contributed by atoms with Crippen LogP contribution >= 0.6 is 12.6 Å². The van der Waals surface area contributed by atoms with Gasteiger partial charge in [0.25, 0.3) is 0 Å². The molecule has 0 radical (unpaired) electrons. The molecule has 1 aromatic rings. The third kappa shape index (κ3) is 2.97. The molecule has 0 aliphatic carbocycles. The van der Waals surface area contributed by atoms with Gasteiger partial charge in [-0.3, -0.25) is 4.79 Å². The van der Waals surface area contributed by atoms with Crippen LogP contribution in [0.3, 0.4) is 0 Å². The van der Waals surface area contributed by atoms with Crippen LogP contribution in [0.4, 0.5) is 0 Å². The smallest absolute Gasteiger partial charge is 0.223 e. The Morgan fingerprint density at radius 1 is 1.26 bits per heavy atom. The number of benzene rings is 1. The standard InChI is InChI=1S/C14H19NO3S/c1-17-12-7-10-3-5-15(14(16)4-6-19)9-11(10)8-13(12)18-2/h7-8,19H,3-6,9H2,1-2H3. The molecule has 5 heteroatoms. The molecule has 4 nitrogen and oxygen atoms in total. The lowest BCUT2D eigenvalue weighted by Gasteiger charge is -2.29. The van der Waals surface area contributed by atoms with E-state index in [9.17, 15) is 4.79 Å². The zero-order chi connectivity index (χ0) is 13.8. The normalized spacial score (nSPS) is 13.9. The van der Waals surface area contributed by atoms with Crippen LogP contribution in [0.25, 0.3) is 0 Å². The van der Waals surface area contributed by atoms with Crippen molar-refractivity contribution in [1.29, 1.82) is 0 Å². The fraction of sp³-hybridized carbons (Fsp3) is 0.500. The van der Waals surface area contributed by atoms with Crippen molar-refractivity contribution in [3.8, 4) is 11.5 Å². The van der Waals surface area contributed by atoms with Gasteiger partial charge in [0.1, 0.15) is 0 Å². The summed E-state index contributed by atoms with van der Waals surface area (Å²) in [7, 11) is 3.26. The summed E-state index contributed by atoms with van der Waals surface area (Å²) >= 11 is 4.11. The molecule has 1 aliphatic rings. The first-order valence-electron chi connectivity index (χ1n) is 6.32. The van der Waals surface area contributed by atoms with Gasteiger partial charge in [-0.25, -0.2) is 0 Å². The average Bonchev–Trinajstić information content (AvgIpc) is 2.45. The number of carbonyl (C=O) groups excluding carboxylic acids is 1. The van der Waals surface area contributed by atoms with E-state index in [1.807, 2.05) is 17.0 Å². The Morgan fingerprint density at radius 3 is 2.47 bits per heavy atom. The fourth-order valence-corrected chi connectivity index (χ4v) is 2.54. The molecule has 2 rings (SSSR count). The Morgan fingerprint density at radius 2 is 1.89 bits per heavy atom. The molecular formula is C14H19NO3S. The van der Waals surface area contributed by atoms with Gasteiger partial charge in [-0.2, -0.15) is 12.6 Å². The van der Waals surface area contributed by atoms with Gasteiger partial charge in [0.15, 0.2) is 11.5 Å².